The average Bonchev–Trinajstić information content (AvgIpc) is 2.42. The lowest BCUT2D eigenvalue weighted by Gasteiger charge is -1.93. The number of fused-ring (bicyclic) bond motifs is 1. The fourth-order valence-corrected chi connectivity index (χ4v) is 1.23. The molecule has 1 aromatic heterocycles. The predicted molar refractivity (Wildman–Crippen MR) is 45.5 cm³/mol. The molecule has 0 unspecified atom stereocenters. The summed E-state index contributed by atoms with van der Waals surface area (Å²) in [4.78, 5) is 25.0. The van der Waals surface area contributed by atoms with Crippen LogP contribution in [0.2, 0.25) is 0 Å². The van der Waals surface area contributed by atoms with E-state index in [-0.39, 0.29) is 11.0 Å². The summed E-state index contributed by atoms with van der Waals surface area (Å²) in [6.07, 6.45) is 0. The van der Waals surface area contributed by atoms with Gasteiger partial charge in [0.1, 0.15) is 11.3 Å². The van der Waals surface area contributed by atoms with Crippen molar-refractivity contribution in [2.24, 2.45) is 0 Å². The summed E-state index contributed by atoms with van der Waals surface area (Å²) >= 11 is 0. The number of halogens is 1. The Morgan fingerprint density at radius 3 is 2.71 bits per heavy atom. The number of H-pyrrole nitrogens is 2. The molecule has 0 spiro atoms. The minimum absolute atomic E-state index is 0.00130. The zero-order valence-electron chi connectivity index (χ0n) is 6.70. The van der Waals surface area contributed by atoms with Crippen molar-refractivity contribution in [3.05, 3.63) is 38.5 Å². The van der Waals surface area contributed by atoms with Crippen molar-refractivity contribution in [3.63, 3.8) is 0 Å². The molecule has 6 nitrogen and oxygen atoms in total. The lowest BCUT2D eigenvalue weighted by Crippen LogP contribution is -1.99. The van der Waals surface area contributed by atoms with E-state index in [0.717, 1.165) is 12.1 Å². The van der Waals surface area contributed by atoms with Gasteiger partial charge in [0.05, 0.1) is 16.5 Å². The van der Waals surface area contributed by atoms with Crippen LogP contribution in [0.25, 0.3) is 11.0 Å². The van der Waals surface area contributed by atoms with Gasteiger partial charge >= 0.3 is 5.69 Å². The van der Waals surface area contributed by atoms with Crippen molar-refractivity contribution in [2.75, 3.05) is 0 Å². The second-order valence-corrected chi connectivity index (χ2v) is 2.68. The highest BCUT2D eigenvalue weighted by atomic mass is 19.1. The maximum Gasteiger partial charge on any atom is 0.324 e. The van der Waals surface area contributed by atoms with Gasteiger partial charge in [0.15, 0.2) is 0 Å². The van der Waals surface area contributed by atoms with Crippen LogP contribution in [0, 0.1) is 15.9 Å². The SMILES string of the molecule is O=c1[nH]c2cc(F)cc([N+](=O)[O-])c2[nH]1. The summed E-state index contributed by atoms with van der Waals surface area (Å²) in [7, 11) is 0. The summed E-state index contributed by atoms with van der Waals surface area (Å²) in [5, 5.41) is 10.5. The van der Waals surface area contributed by atoms with Gasteiger partial charge in [-0.25, -0.2) is 9.18 Å². The number of nitro groups is 1. The topological polar surface area (TPSA) is 91.8 Å². The van der Waals surface area contributed by atoms with Gasteiger partial charge in [0.2, 0.25) is 0 Å². The van der Waals surface area contributed by atoms with Crippen molar-refractivity contribution >= 4 is 16.7 Å². The molecule has 0 aliphatic heterocycles. The number of benzene rings is 1. The zero-order chi connectivity index (χ0) is 10.3. The molecule has 0 bridgehead atoms. The maximum atomic E-state index is 12.8. The Bertz CT molecular complexity index is 571. The van der Waals surface area contributed by atoms with E-state index in [1.807, 2.05) is 0 Å². The van der Waals surface area contributed by atoms with Crippen molar-refractivity contribution in [1.82, 2.24) is 9.97 Å². The number of aromatic nitrogens is 2. The van der Waals surface area contributed by atoms with Crippen LogP contribution in [0.4, 0.5) is 10.1 Å². The van der Waals surface area contributed by atoms with Gasteiger partial charge in [-0.1, -0.05) is 0 Å². The number of imidazole rings is 1. The Hall–Kier alpha value is -2.18. The summed E-state index contributed by atoms with van der Waals surface area (Å²) in [5.74, 6) is -0.764. The summed E-state index contributed by atoms with van der Waals surface area (Å²) in [6.45, 7) is 0. The van der Waals surface area contributed by atoms with Crippen LogP contribution < -0.4 is 5.69 Å². The third-order valence-corrected chi connectivity index (χ3v) is 1.77. The van der Waals surface area contributed by atoms with E-state index in [2.05, 4.69) is 9.97 Å². The lowest BCUT2D eigenvalue weighted by atomic mass is 10.2. The Kier molecular flexibility index (Phi) is 1.60. The van der Waals surface area contributed by atoms with E-state index in [4.69, 9.17) is 0 Å². The van der Waals surface area contributed by atoms with Crippen LogP contribution in [0.3, 0.4) is 0 Å². The van der Waals surface area contributed by atoms with Crippen molar-refractivity contribution in [2.45, 2.75) is 0 Å². The van der Waals surface area contributed by atoms with Crippen molar-refractivity contribution in [1.29, 1.82) is 0 Å². The largest absolute Gasteiger partial charge is 0.324 e. The van der Waals surface area contributed by atoms with Gasteiger partial charge in [0, 0.05) is 6.07 Å². The monoisotopic (exact) mass is 197 g/mol. The lowest BCUT2D eigenvalue weighted by molar-refractivity contribution is -0.383. The van der Waals surface area contributed by atoms with Crippen molar-refractivity contribution < 1.29 is 9.31 Å². The molecule has 0 fully saturated rings. The summed E-state index contributed by atoms with van der Waals surface area (Å²) in [6, 6.07) is 1.77. The Balaban J connectivity index is 2.92. The fourth-order valence-electron chi connectivity index (χ4n) is 1.23. The minimum atomic E-state index is -0.764. The van der Waals surface area contributed by atoms with Crippen LogP contribution in [0.1, 0.15) is 0 Å². The van der Waals surface area contributed by atoms with Crippen LogP contribution in [-0.2, 0) is 0 Å². The van der Waals surface area contributed by atoms with E-state index in [1.165, 1.54) is 0 Å². The van der Waals surface area contributed by atoms with E-state index < -0.39 is 22.1 Å². The highest BCUT2D eigenvalue weighted by molar-refractivity contribution is 5.84. The smallest absolute Gasteiger partial charge is 0.305 e. The van der Waals surface area contributed by atoms with Crippen LogP contribution in [0.15, 0.2) is 16.9 Å². The van der Waals surface area contributed by atoms with Crippen LogP contribution in [-0.4, -0.2) is 14.9 Å². The molecule has 0 aliphatic rings. The van der Waals surface area contributed by atoms with Crippen LogP contribution in [0.5, 0.6) is 0 Å². The highest BCUT2D eigenvalue weighted by Gasteiger charge is 2.16. The standard InChI is InChI=1S/C7H4FN3O3/c8-3-1-4-6(10-7(12)9-4)5(2-3)11(13)14/h1-2H,(H2,9,10,12). The fraction of sp³-hybridized carbons (Fsp3) is 0. The van der Waals surface area contributed by atoms with Gasteiger partial charge in [-0.3, -0.25) is 10.1 Å². The minimum Gasteiger partial charge on any atom is -0.305 e. The van der Waals surface area contributed by atoms with Crippen molar-refractivity contribution in [3.8, 4) is 0 Å². The van der Waals surface area contributed by atoms with Crippen LogP contribution >= 0.6 is 0 Å². The van der Waals surface area contributed by atoms with Gasteiger partial charge in [-0.15, -0.1) is 0 Å². The predicted octanol–water partition coefficient (Wildman–Crippen LogP) is 0.903. The number of hydrogen-bond donors (Lipinski definition) is 2. The molecule has 0 amide bonds. The number of nitro benzene ring substituents is 1. The molecule has 0 aliphatic carbocycles. The first-order valence-corrected chi connectivity index (χ1v) is 3.64. The molecule has 1 heterocycles. The van der Waals surface area contributed by atoms with Gasteiger partial charge in [0.25, 0.3) is 5.69 Å². The number of nitrogens with one attached hydrogen (secondary N) is 2. The Labute approximate surface area is 75.5 Å². The number of aromatic amines is 2. The molecular formula is C7H4FN3O3. The molecule has 1 aromatic carbocycles. The van der Waals surface area contributed by atoms with E-state index >= 15 is 0 Å². The number of nitrogens with zero attached hydrogens (tertiary/aromatic N) is 1. The summed E-state index contributed by atoms with van der Waals surface area (Å²) < 4.78 is 12.8. The van der Waals surface area contributed by atoms with Gasteiger partial charge in [-0.2, -0.15) is 0 Å². The molecule has 0 radical (unpaired) electrons. The Morgan fingerprint density at radius 1 is 1.36 bits per heavy atom. The van der Waals surface area contributed by atoms with Gasteiger partial charge in [-0.05, 0) is 0 Å². The second kappa shape index (κ2) is 2.66. The van der Waals surface area contributed by atoms with E-state index in [9.17, 15) is 19.3 Å². The molecule has 7 heteroatoms. The molecule has 2 aromatic rings. The molecular weight excluding hydrogens is 193 g/mol. The van der Waals surface area contributed by atoms with Gasteiger partial charge < -0.3 is 9.97 Å². The maximum absolute atomic E-state index is 12.8. The molecule has 2 N–H and O–H groups in total. The van der Waals surface area contributed by atoms with E-state index in [0.29, 0.717) is 0 Å². The molecule has 0 saturated heterocycles. The normalized spacial score (nSPS) is 10.6. The van der Waals surface area contributed by atoms with E-state index in [1.54, 1.807) is 0 Å². The third kappa shape index (κ3) is 1.15. The molecule has 2 rings (SSSR count). The number of hydrogen-bond acceptors (Lipinski definition) is 3. The molecule has 0 atom stereocenters. The molecule has 72 valence electrons. The number of rotatable bonds is 1. The third-order valence-electron chi connectivity index (χ3n) is 1.77. The highest BCUT2D eigenvalue weighted by Crippen LogP contribution is 2.22. The Morgan fingerprint density at radius 2 is 2.07 bits per heavy atom. The second-order valence-electron chi connectivity index (χ2n) is 2.68. The summed E-state index contributed by atoms with van der Waals surface area (Å²) in [5.41, 5.74) is -0.977. The average molecular weight is 197 g/mol. The first-order chi connectivity index (χ1) is 6.58. The first kappa shape index (κ1) is 8.42. The molecule has 0 saturated carbocycles. The number of non-ortho nitro benzene ring substituents is 1. The first-order valence-electron chi connectivity index (χ1n) is 3.64. The quantitative estimate of drug-likeness (QED) is 0.525. The zero-order valence-corrected chi connectivity index (χ0v) is 6.70. The molecule has 14 heavy (non-hydrogen) atoms.